The number of aromatic nitrogens is 1. The highest BCUT2D eigenvalue weighted by Crippen LogP contribution is 2.47. The third-order valence-electron chi connectivity index (χ3n) is 5.28. The van der Waals surface area contributed by atoms with Crippen molar-refractivity contribution in [2.75, 3.05) is 0 Å². The number of ketones is 1. The summed E-state index contributed by atoms with van der Waals surface area (Å²) >= 11 is 0. The maximum absolute atomic E-state index is 12.6. The number of fused-ring (bicyclic) bond motifs is 3. The van der Waals surface area contributed by atoms with Crippen LogP contribution in [-0.2, 0) is 22.6 Å². The molecule has 0 amide bonds. The molecule has 1 saturated carbocycles. The number of carboxylic acids is 1. The summed E-state index contributed by atoms with van der Waals surface area (Å²) in [4.78, 5) is 23.8. The van der Waals surface area contributed by atoms with E-state index >= 15 is 0 Å². The van der Waals surface area contributed by atoms with Crippen molar-refractivity contribution in [3.05, 3.63) is 36.0 Å². The van der Waals surface area contributed by atoms with Gasteiger partial charge in [0.15, 0.2) is 5.78 Å². The molecule has 1 aliphatic carbocycles. The summed E-state index contributed by atoms with van der Waals surface area (Å²) < 4.78 is 2.28. The van der Waals surface area contributed by atoms with E-state index in [0.717, 1.165) is 13.0 Å². The van der Waals surface area contributed by atoms with Gasteiger partial charge >= 0.3 is 5.97 Å². The number of carboxylic acid groups (broad SMARTS) is 1. The van der Waals surface area contributed by atoms with Crippen molar-refractivity contribution in [2.45, 2.75) is 32.2 Å². The van der Waals surface area contributed by atoms with Crippen molar-refractivity contribution in [1.29, 1.82) is 0 Å². The van der Waals surface area contributed by atoms with Crippen LogP contribution in [0.15, 0.2) is 30.3 Å². The van der Waals surface area contributed by atoms with Gasteiger partial charge in [-0.15, -0.1) is 0 Å². The summed E-state index contributed by atoms with van der Waals surface area (Å²) in [5.41, 5.74) is 1.94. The van der Waals surface area contributed by atoms with Crippen molar-refractivity contribution in [3.63, 3.8) is 0 Å². The number of hydrogen-bond acceptors (Lipinski definition) is 2. The van der Waals surface area contributed by atoms with Gasteiger partial charge in [0.05, 0.1) is 0 Å². The number of aliphatic carboxylic acids is 1. The van der Waals surface area contributed by atoms with Crippen LogP contribution < -0.4 is 0 Å². The molecule has 1 N–H and O–H groups in total. The molecule has 4 rings (SSSR count). The van der Waals surface area contributed by atoms with E-state index in [-0.39, 0.29) is 5.78 Å². The van der Waals surface area contributed by atoms with Crippen LogP contribution >= 0.6 is 0 Å². The quantitative estimate of drug-likeness (QED) is 0.818. The van der Waals surface area contributed by atoms with Crippen LogP contribution in [0.2, 0.25) is 0 Å². The van der Waals surface area contributed by atoms with Crippen LogP contribution in [0.3, 0.4) is 0 Å². The second-order valence-electron chi connectivity index (χ2n) is 6.35. The van der Waals surface area contributed by atoms with Crippen LogP contribution in [-0.4, -0.2) is 21.4 Å². The Morgan fingerprint density at radius 2 is 2.10 bits per heavy atom. The summed E-state index contributed by atoms with van der Waals surface area (Å²) in [7, 11) is 0. The highest BCUT2D eigenvalue weighted by atomic mass is 16.4. The fourth-order valence-corrected chi connectivity index (χ4v) is 4.14. The van der Waals surface area contributed by atoms with Gasteiger partial charge in [-0.3, -0.25) is 9.59 Å². The maximum atomic E-state index is 12.6. The molecule has 1 aliphatic heterocycles. The number of aryl methyl sites for hydroxylation is 1. The first-order chi connectivity index (χ1) is 10.1. The molecular formula is C17H17NO3. The van der Waals surface area contributed by atoms with Crippen LogP contribution in [0.25, 0.3) is 10.9 Å². The van der Waals surface area contributed by atoms with Gasteiger partial charge in [-0.2, -0.15) is 0 Å². The molecular weight excluding hydrogens is 266 g/mol. The lowest BCUT2D eigenvalue weighted by Gasteiger charge is -2.33. The normalized spacial score (nSPS) is 28.2. The second kappa shape index (κ2) is 4.20. The third kappa shape index (κ3) is 1.68. The van der Waals surface area contributed by atoms with Gasteiger partial charge < -0.3 is 9.67 Å². The Morgan fingerprint density at radius 3 is 2.86 bits per heavy atom. The van der Waals surface area contributed by atoms with Crippen LogP contribution in [0, 0.1) is 11.3 Å². The molecule has 0 bridgehead atoms. The highest BCUT2D eigenvalue weighted by Gasteiger charge is 2.51. The average molecular weight is 283 g/mol. The van der Waals surface area contributed by atoms with Gasteiger partial charge in [0.2, 0.25) is 0 Å². The Hall–Kier alpha value is -2.10. The maximum Gasteiger partial charge on any atom is 0.314 e. The van der Waals surface area contributed by atoms with E-state index in [0.29, 0.717) is 19.3 Å². The summed E-state index contributed by atoms with van der Waals surface area (Å²) in [6, 6.07) is 10.4. The Labute approximate surface area is 122 Å². The fraction of sp³-hybridized carbons (Fsp3) is 0.412. The highest BCUT2D eigenvalue weighted by molar-refractivity contribution is 6.03. The number of para-hydroxylation sites is 1. The van der Waals surface area contributed by atoms with Crippen molar-refractivity contribution in [3.8, 4) is 0 Å². The fourth-order valence-electron chi connectivity index (χ4n) is 4.14. The SMILES string of the molecule is O=C(O)C1CCC2(CCn3c(cc4ccccc43)C2)C1=O. The predicted octanol–water partition coefficient (Wildman–Crippen LogP) is 2.64. The van der Waals surface area contributed by atoms with E-state index in [4.69, 9.17) is 0 Å². The number of carbonyl (C=O) groups is 2. The lowest BCUT2D eigenvalue weighted by Crippen LogP contribution is -2.38. The molecule has 0 saturated heterocycles. The van der Waals surface area contributed by atoms with E-state index in [1.165, 1.54) is 16.6 Å². The number of nitrogens with zero attached hydrogens (tertiary/aromatic N) is 1. The molecule has 1 aromatic carbocycles. The molecule has 21 heavy (non-hydrogen) atoms. The van der Waals surface area contributed by atoms with Gasteiger partial charge in [0, 0.05) is 29.6 Å². The molecule has 1 spiro atoms. The van der Waals surface area contributed by atoms with Gasteiger partial charge in [-0.05, 0) is 36.8 Å². The van der Waals surface area contributed by atoms with Crippen LogP contribution in [0.5, 0.6) is 0 Å². The second-order valence-corrected chi connectivity index (χ2v) is 6.35. The largest absolute Gasteiger partial charge is 0.481 e. The first-order valence-corrected chi connectivity index (χ1v) is 7.45. The summed E-state index contributed by atoms with van der Waals surface area (Å²) in [6.07, 6.45) is 2.66. The molecule has 4 nitrogen and oxygen atoms in total. The molecule has 2 heterocycles. The first kappa shape index (κ1) is 12.6. The lowest BCUT2D eigenvalue weighted by molar-refractivity contribution is -0.147. The van der Waals surface area contributed by atoms with E-state index in [1.807, 2.05) is 12.1 Å². The van der Waals surface area contributed by atoms with Crippen molar-refractivity contribution in [2.24, 2.45) is 11.3 Å². The third-order valence-corrected chi connectivity index (χ3v) is 5.28. The molecule has 2 atom stereocenters. The summed E-state index contributed by atoms with van der Waals surface area (Å²) in [5, 5.41) is 10.4. The predicted molar refractivity (Wildman–Crippen MR) is 78.1 cm³/mol. The van der Waals surface area contributed by atoms with E-state index in [2.05, 4.69) is 22.8 Å². The van der Waals surface area contributed by atoms with E-state index in [1.54, 1.807) is 0 Å². The molecule has 0 radical (unpaired) electrons. The minimum absolute atomic E-state index is 0.0495. The Kier molecular flexibility index (Phi) is 2.52. The minimum Gasteiger partial charge on any atom is -0.481 e. The number of carbonyl (C=O) groups excluding carboxylic acids is 1. The Balaban J connectivity index is 1.74. The Morgan fingerprint density at radius 1 is 1.29 bits per heavy atom. The van der Waals surface area contributed by atoms with Gasteiger partial charge in [-0.25, -0.2) is 0 Å². The number of benzene rings is 1. The lowest BCUT2D eigenvalue weighted by atomic mass is 9.75. The van der Waals surface area contributed by atoms with Gasteiger partial charge in [-0.1, -0.05) is 18.2 Å². The number of hydrogen-bond donors (Lipinski definition) is 1. The van der Waals surface area contributed by atoms with Gasteiger partial charge in [0.1, 0.15) is 5.92 Å². The molecule has 108 valence electrons. The standard InChI is InChI=1S/C17H17NO3/c19-15-13(16(20)21)5-6-17(15)7-8-18-12(10-17)9-11-3-1-2-4-14(11)18/h1-4,9,13H,5-8,10H2,(H,20,21). The smallest absolute Gasteiger partial charge is 0.314 e. The first-order valence-electron chi connectivity index (χ1n) is 7.45. The molecule has 2 aromatic rings. The van der Waals surface area contributed by atoms with Crippen molar-refractivity contribution < 1.29 is 14.7 Å². The Bertz CT molecular complexity index is 760. The van der Waals surface area contributed by atoms with E-state index < -0.39 is 17.3 Å². The van der Waals surface area contributed by atoms with Crippen molar-refractivity contribution in [1.82, 2.24) is 4.57 Å². The van der Waals surface area contributed by atoms with Crippen LogP contribution in [0.4, 0.5) is 0 Å². The molecule has 1 aromatic heterocycles. The molecule has 2 unspecified atom stereocenters. The minimum atomic E-state index is -0.956. The molecule has 1 fully saturated rings. The van der Waals surface area contributed by atoms with Crippen molar-refractivity contribution >= 4 is 22.7 Å². The number of Topliss-reactive ketones (excluding diaryl/α,β-unsaturated/α-hetero) is 1. The zero-order valence-corrected chi connectivity index (χ0v) is 11.7. The van der Waals surface area contributed by atoms with Gasteiger partial charge in [0.25, 0.3) is 0 Å². The number of rotatable bonds is 1. The topological polar surface area (TPSA) is 59.3 Å². The zero-order chi connectivity index (χ0) is 14.6. The molecule has 4 heteroatoms. The molecule has 2 aliphatic rings. The zero-order valence-electron chi connectivity index (χ0n) is 11.7. The van der Waals surface area contributed by atoms with E-state index in [9.17, 15) is 14.7 Å². The summed E-state index contributed by atoms with van der Waals surface area (Å²) in [6.45, 7) is 0.806. The summed E-state index contributed by atoms with van der Waals surface area (Å²) in [5.74, 6) is -1.80. The average Bonchev–Trinajstić information content (AvgIpc) is 2.98. The van der Waals surface area contributed by atoms with Crippen LogP contribution in [0.1, 0.15) is 25.0 Å². The monoisotopic (exact) mass is 283 g/mol.